The van der Waals surface area contributed by atoms with Crippen LogP contribution in [0, 0.1) is 11.3 Å². The first-order valence-electron chi connectivity index (χ1n) is 7.14. The zero-order valence-corrected chi connectivity index (χ0v) is 12.0. The van der Waals surface area contributed by atoms with Gasteiger partial charge >= 0.3 is 0 Å². The average Bonchev–Trinajstić information content (AvgIpc) is 2.47. The Kier molecular flexibility index (Phi) is 3.63. The van der Waals surface area contributed by atoms with Gasteiger partial charge in [0.05, 0.1) is 23.3 Å². The molecule has 0 aliphatic carbocycles. The molecule has 0 saturated carbocycles. The van der Waals surface area contributed by atoms with E-state index < -0.39 is 0 Å². The predicted octanol–water partition coefficient (Wildman–Crippen LogP) is 2.67. The Bertz CT molecular complexity index is 707. The number of nitrogens with zero attached hydrogens (tertiary/aromatic N) is 2. The number of anilines is 2. The number of nitriles is 1. The zero-order chi connectivity index (χ0) is 14.8. The number of benzene rings is 1. The van der Waals surface area contributed by atoms with Crippen molar-refractivity contribution >= 4 is 22.4 Å². The molecule has 1 aliphatic rings. The molecule has 0 bridgehead atoms. The number of hydrogen-bond acceptors (Lipinski definition) is 5. The van der Waals surface area contributed by atoms with E-state index >= 15 is 0 Å². The Labute approximate surface area is 123 Å². The Morgan fingerprint density at radius 3 is 3.05 bits per heavy atom. The third-order valence-corrected chi connectivity index (χ3v) is 3.80. The average molecular weight is 282 g/mol. The zero-order valence-electron chi connectivity index (χ0n) is 12.0. The summed E-state index contributed by atoms with van der Waals surface area (Å²) in [5.74, 6) is 0.481. The number of nitrogens with two attached hydrogens (primary N) is 1. The van der Waals surface area contributed by atoms with E-state index in [9.17, 15) is 0 Å². The summed E-state index contributed by atoms with van der Waals surface area (Å²) in [6, 6.07) is 9.80. The SMILES string of the molecule is C[C@@H]1C[C@H](Nc2cc(N)nc3ccc(C#N)cc23)CCO1. The Morgan fingerprint density at radius 1 is 1.43 bits per heavy atom. The molecule has 1 aromatic heterocycles. The largest absolute Gasteiger partial charge is 0.384 e. The highest BCUT2D eigenvalue weighted by atomic mass is 16.5. The highest BCUT2D eigenvalue weighted by Crippen LogP contribution is 2.28. The third kappa shape index (κ3) is 2.91. The van der Waals surface area contributed by atoms with E-state index in [1.165, 1.54) is 0 Å². The molecule has 2 heterocycles. The summed E-state index contributed by atoms with van der Waals surface area (Å²) in [5, 5.41) is 13.5. The molecule has 0 spiro atoms. The van der Waals surface area contributed by atoms with Crippen LogP contribution < -0.4 is 11.1 Å². The van der Waals surface area contributed by atoms with Gasteiger partial charge in [-0.1, -0.05) is 0 Å². The number of rotatable bonds is 2. The number of pyridine rings is 1. The van der Waals surface area contributed by atoms with Gasteiger partial charge in [-0.25, -0.2) is 4.98 Å². The van der Waals surface area contributed by atoms with Crippen molar-refractivity contribution in [1.29, 1.82) is 5.26 Å². The lowest BCUT2D eigenvalue weighted by Crippen LogP contribution is -2.32. The standard InChI is InChI=1S/C16H18N4O/c1-10-6-12(4-5-21-10)19-15-8-16(18)20-14-3-2-11(9-17)7-13(14)15/h2-3,7-8,10,12H,4-6H2,1H3,(H3,18,19,20)/t10-,12-/m1/s1. The summed E-state index contributed by atoms with van der Waals surface area (Å²) in [4.78, 5) is 4.32. The van der Waals surface area contributed by atoms with Crippen molar-refractivity contribution in [2.24, 2.45) is 0 Å². The van der Waals surface area contributed by atoms with E-state index in [1.807, 2.05) is 18.2 Å². The molecular weight excluding hydrogens is 264 g/mol. The monoisotopic (exact) mass is 282 g/mol. The minimum atomic E-state index is 0.261. The fourth-order valence-electron chi connectivity index (χ4n) is 2.78. The van der Waals surface area contributed by atoms with Gasteiger partial charge in [0.2, 0.25) is 0 Å². The van der Waals surface area contributed by atoms with Gasteiger partial charge in [-0.2, -0.15) is 5.26 Å². The Hall–Kier alpha value is -2.32. The minimum Gasteiger partial charge on any atom is -0.384 e. The van der Waals surface area contributed by atoms with E-state index in [4.69, 9.17) is 15.7 Å². The molecule has 2 aromatic rings. The number of nitrogens with one attached hydrogen (secondary N) is 1. The van der Waals surface area contributed by atoms with Gasteiger partial charge in [0, 0.05) is 29.8 Å². The quantitative estimate of drug-likeness (QED) is 0.884. The van der Waals surface area contributed by atoms with Crippen LogP contribution in [0.15, 0.2) is 24.3 Å². The first-order chi connectivity index (χ1) is 10.2. The van der Waals surface area contributed by atoms with Crippen molar-refractivity contribution in [3.63, 3.8) is 0 Å². The minimum absolute atomic E-state index is 0.261. The molecule has 108 valence electrons. The van der Waals surface area contributed by atoms with Crippen LogP contribution in [0.3, 0.4) is 0 Å². The van der Waals surface area contributed by atoms with Crippen molar-refractivity contribution in [2.45, 2.75) is 31.9 Å². The van der Waals surface area contributed by atoms with E-state index in [0.717, 1.165) is 36.0 Å². The first-order valence-corrected chi connectivity index (χ1v) is 7.14. The Balaban J connectivity index is 1.98. The molecule has 0 radical (unpaired) electrons. The highest BCUT2D eigenvalue weighted by molar-refractivity contribution is 5.93. The van der Waals surface area contributed by atoms with Crippen LogP contribution in [0.1, 0.15) is 25.3 Å². The van der Waals surface area contributed by atoms with Gasteiger partial charge in [-0.3, -0.25) is 0 Å². The molecular formula is C16H18N4O. The second kappa shape index (κ2) is 5.58. The summed E-state index contributed by atoms with van der Waals surface area (Å²) in [7, 11) is 0. The van der Waals surface area contributed by atoms with Gasteiger partial charge in [0.25, 0.3) is 0 Å². The molecule has 3 N–H and O–H groups in total. The van der Waals surface area contributed by atoms with Crippen LogP contribution in [0.25, 0.3) is 10.9 Å². The molecule has 5 nitrogen and oxygen atoms in total. The normalized spacial score (nSPS) is 21.9. The van der Waals surface area contributed by atoms with Gasteiger partial charge < -0.3 is 15.8 Å². The highest BCUT2D eigenvalue weighted by Gasteiger charge is 2.20. The molecule has 1 saturated heterocycles. The number of aromatic nitrogens is 1. The van der Waals surface area contributed by atoms with E-state index in [0.29, 0.717) is 17.4 Å². The summed E-state index contributed by atoms with van der Waals surface area (Å²) in [5.41, 5.74) is 8.25. The molecule has 21 heavy (non-hydrogen) atoms. The fraction of sp³-hybridized carbons (Fsp3) is 0.375. The summed E-state index contributed by atoms with van der Waals surface area (Å²) in [6.45, 7) is 2.85. The molecule has 0 unspecified atom stereocenters. The molecule has 3 rings (SSSR count). The van der Waals surface area contributed by atoms with Crippen molar-refractivity contribution in [2.75, 3.05) is 17.7 Å². The lowest BCUT2D eigenvalue weighted by molar-refractivity contribution is 0.0232. The van der Waals surface area contributed by atoms with Gasteiger partial charge in [-0.15, -0.1) is 0 Å². The van der Waals surface area contributed by atoms with Crippen molar-refractivity contribution in [3.05, 3.63) is 29.8 Å². The molecule has 0 amide bonds. The van der Waals surface area contributed by atoms with Crippen LogP contribution >= 0.6 is 0 Å². The van der Waals surface area contributed by atoms with Gasteiger partial charge in [0.1, 0.15) is 5.82 Å². The number of ether oxygens (including phenoxy) is 1. The third-order valence-electron chi connectivity index (χ3n) is 3.80. The van der Waals surface area contributed by atoms with Gasteiger partial charge in [-0.05, 0) is 38.0 Å². The number of hydrogen-bond donors (Lipinski definition) is 2. The van der Waals surface area contributed by atoms with Crippen LogP contribution in [0.4, 0.5) is 11.5 Å². The molecule has 1 aromatic carbocycles. The number of nitrogen functional groups attached to an aromatic ring is 1. The van der Waals surface area contributed by atoms with Crippen molar-refractivity contribution in [3.8, 4) is 6.07 Å². The van der Waals surface area contributed by atoms with Crippen molar-refractivity contribution in [1.82, 2.24) is 4.98 Å². The van der Waals surface area contributed by atoms with Crippen LogP contribution in [0.2, 0.25) is 0 Å². The number of fused-ring (bicyclic) bond motifs is 1. The van der Waals surface area contributed by atoms with Crippen LogP contribution in [0.5, 0.6) is 0 Å². The molecule has 5 heteroatoms. The van der Waals surface area contributed by atoms with E-state index in [-0.39, 0.29) is 6.10 Å². The summed E-state index contributed by atoms with van der Waals surface area (Å²) < 4.78 is 5.57. The Morgan fingerprint density at radius 2 is 2.29 bits per heavy atom. The maximum Gasteiger partial charge on any atom is 0.126 e. The molecule has 1 aliphatic heterocycles. The molecule has 1 fully saturated rings. The van der Waals surface area contributed by atoms with Crippen LogP contribution in [-0.2, 0) is 4.74 Å². The molecule has 2 atom stereocenters. The second-order valence-electron chi connectivity index (χ2n) is 5.49. The maximum atomic E-state index is 9.07. The topological polar surface area (TPSA) is 84.0 Å². The van der Waals surface area contributed by atoms with Gasteiger partial charge in [0.15, 0.2) is 0 Å². The van der Waals surface area contributed by atoms with Crippen LogP contribution in [-0.4, -0.2) is 23.7 Å². The summed E-state index contributed by atoms with van der Waals surface area (Å²) >= 11 is 0. The predicted molar refractivity (Wildman–Crippen MR) is 82.9 cm³/mol. The van der Waals surface area contributed by atoms with E-state index in [2.05, 4.69) is 23.3 Å². The van der Waals surface area contributed by atoms with E-state index in [1.54, 1.807) is 6.07 Å². The smallest absolute Gasteiger partial charge is 0.126 e. The summed E-state index contributed by atoms with van der Waals surface area (Å²) in [6.07, 6.45) is 2.18. The second-order valence-corrected chi connectivity index (χ2v) is 5.49. The lowest BCUT2D eigenvalue weighted by Gasteiger charge is -2.29. The maximum absolute atomic E-state index is 9.07. The first kappa shape index (κ1) is 13.7. The van der Waals surface area contributed by atoms with Crippen molar-refractivity contribution < 1.29 is 4.74 Å². The lowest BCUT2D eigenvalue weighted by atomic mass is 10.0. The fourth-order valence-corrected chi connectivity index (χ4v) is 2.78.